The van der Waals surface area contributed by atoms with Crippen LogP contribution in [0.4, 0.5) is 10.6 Å². The Morgan fingerprint density at radius 2 is 1.89 bits per heavy atom. The normalized spacial score (nSPS) is 17.5. The first-order valence-electron chi connectivity index (χ1n) is 12.4. The van der Waals surface area contributed by atoms with Crippen LogP contribution in [0.3, 0.4) is 0 Å². The Morgan fingerprint density at radius 3 is 2.56 bits per heavy atom. The van der Waals surface area contributed by atoms with Crippen LogP contribution in [0.15, 0.2) is 30.7 Å². The highest BCUT2D eigenvalue weighted by molar-refractivity contribution is 6.02. The average molecular weight is 488 g/mol. The molecule has 2 aliphatic heterocycles. The third-order valence-electron chi connectivity index (χ3n) is 6.85. The summed E-state index contributed by atoms with van der Waals surface area (Å²) in [7, 11) is 1.96. The Morgan fingerprint density at radius 1 is 1.14 bits per heavy atom. The summed E-state index contributed by atoms with van der Waals surface area (Å²) in [4.78, 5) is 29.9. The van der Waals surface area contributed by atoms with Crippen molar-refractivity contribution in [1.29, 1.82) is 0 Å². The Bertz CT molecular complexity index is 1320. The number of nitrogens with zero attached hydrogens (tertiary/aromatic N) is 6. The molecule has 0 atom stereocenters. The third-order valence-corrected chi connectivity index (χ3v) is 6.85. The number of fused-ring (bicyclic) bond motifs is 1. The summed E-state index contributed by atoms with van der Waals surface area (Å²) in [5.41, 5.74) is 9.07. The summed E-state index contributed by atoms with van der Waals surface area (Å²) >= 11 is 0. The molecule has 3 aromatic rings. The molecule has 0 unspecified atom stereocenters. The number of aromatic nitrogens is 4. The topological polar surface area (TPSA) is 102 Å². The van der Waals surface area contributed by atoms with Gasteiger partial charge in [0.25, 0.3) is 0 Å². The molecule has 3 aromatic heterocycles. The summed E-state index contributed by atoms with van der Waals surface area (Å²) in [5.74, 6) is 7.62. The second-order valence-corrected chi connectivity index (χ2v) is 10.6. The number of anilines is 1. The quantitative estimate of drug-likeness (QED) is 0.553. The number of pyridine rings is 1. The average Bonchev–Trinajstić information content (AvgIpc) is 3.11. The number of carbonyl (C=O) groups is 1. The molecule has 0 saturated carbocycles. The molecular formula is C27H33N7O2. The summed E-state index contributed by atoms with van der Waals surface area (Å²) in [6.07, 6.45) is 4.96. The maximum atomic E-state index is 12.3. The van der Waals surface area contributed by atoms with E-state index in [2.05, 4.69) is 31.7 Å². The smallest absolute Gasteiger partial charge is 0.410 e. The first kappa shape index (κ1) is 24.1. The molecular weight excluding hydrogens is 454 g/mol. The first-order valence-corrected chi connectivity index (χ1v) is 12.4. The minimum Gasteiger partial charge on any atom is -0.444 e. The van der Waals surface area contributed by atoms with Gasteiger partial charge in [-0.2, -0.15) is 0 Å². The maximum absolute atomic E-state index is 12.3. The van der Waals surface area contributed by atoms with Crippen LogP contribution in [0.25, 0.3) is 22.3 Å². The van der Waals surface area contributed by atoms with E-state index in [4.69, 9.17) is 10.5 Å². The molecule has 5 rings (SSSR count). The van der Waals surface area contributed by atoms with E-state index in [-0.39, 0.29) is 6.09 Å². The number of aryl methyl sites for hydroxylation is 1. The van der Waals surface area contributed by atoms with Crippen LogP contribution >= 0.6 is 0 Å². The van der Waals surface area contributed by atoms with Gasteiger partial charge in [0.15, 0.2) is 0 Å². The zero-order valence-electron chi connectivity index (χ0n) is 21.4. The van der Waals surface area contributed by atoms with Crippen molar-refractivity contribution in [3.05, 3.63) is 36.4 Å². The Labute approximate surface area is 211 Å². The third kappa shape index (κ3) is 4.73. The predicted octanol–water partition coefficient (Wildman–Crippen LogP) is 3.30. The molecule has 1 amide bonds. The van der Waals surface area contributed by atoms with Crippen molar-refractivity contribution in [3.63, 3.8) is 0 Å². The second kappa shape index (κ2) is 9.43. The van der Waals surface area contributed by atoms with E-state index < -0.39 is 5.60 Å². The molecule has 2 aliphatic rings. The molecule has 0 spiro atoms. The first-order chi connectivity index (χ1) is 17.2. The fourth-order valence-electron chi connectivity index (χ4n) is 4.99. The van der Waals surface area contributed by atoms with Gasteiger partial charge in [-0.05, 0) is 51.7 Å². The molecule has 5 heterocycles. The molecule has 2 saturated heterocycles. The summed E-state index contributed by atoms with van der Waals surface area (Å²) in [6, 6.07) is 6.29. The number of nitrogen functional groups attached to an aromatic ring is 1. The van der Waals surface area contributed by atoms with E-state index in [1.807, 2.05) is 55.5 Å². The van der Waals surface area contributed by atoms with E-state index in [9.17, 15) is 4.79 Å². The minimum atomic E-state index is -0.462. The van der Waals surface area contributed by atoms with Crippen LogP contribution in [-0.4, -0.2) is 73.2 Å². The largest absolute Gasteiger partial charge is 0.444 e. The predicted molar refractivity (Wildman–Crippen MR) is 139 cm³/mol. The lowest BCUT2D eigenvalue weighted by molar-refractivity contribution is 0.00411. The summed E-state index contributed by atoms with van der Waals surface area (Å²) < 4.78 is 7.50. The number of amides is 1. The van der Waals surface area contributed by atoms with Gasteiger partial charge in [-0.3, -0.25) is 9.88 Å². The van der Waals surface area contributed by atoms with Crippen molar-refractivity contribution < 1.29 is 9.53 Å². The van der Waals surface area contributed by atoms with Crippen LogP contribution < -0.4 is 5.73 Å². The Balaban J connectivity index is 1.27. The van der Waals surface area contributed by atoms with Crippen LogP contribution in [0, 0.1) is 17.8 Å². The van der Waals surface area contributed by atoms with Crippen LogP contribution in [0.1, 0.15) is 39.3 Å². The standard InChI is InChI=1S/C27H33N7O2/c1-27(2,3)36-26(35)33-13-10-19(11-14-33)34-15-18(16-34)8-9-21-22(20-7-5-6-12-29-20)23-24(28)30-17-31-25(23)32(21)4/h5-7,12,17-19H,10-11,13-16H2,1-4H3,(H2,28,30,31). The maximum Gasteiger partial charge on any atom is 0.410 e. The molecule has 9 heteroatoms. The van der Waals surface area contributed by atoms with Gasteiger partial charge in [0.1, 0.15) is 29.1 Å². The van der Waals surface area contributed by atoms with Gasteiger partial charge in [0.05, 0.1) is 11.1 Å². The Hall–Kier alpha value is -3.64. The number of likely N-dealkylation sites (tertiary alicyclic amines) is 2. The molecule has 0 radical (unpaired) electrons. The highest BCUT2D eigenvalue weighted by Crippen LogP contribution is 2.35. The van der Waals surface area contributed by atoms with Gasteiger partial charge in [-0.15, -0.1) is 0 Å². The molecule has 9 nitrogen and oxygen atoms in total. The van der Waals surface area contributed by atoms with Crippen LogP contribution in [0.2, 0.25) is 0 Å². The van der Waals surface area contributed by atoms with Gasteiger partial charge in [0, 0.05) is 56.9 Å². The number of hydrogen-bond donors (Lipinski definition) is 1. The molecule has 188 valence electrons. The highest BCUT2D eigenvalue weighted by atomic mass is 16.6. The zero-order valence-corrected chi connectivity index (χ0v) is 21.4. The fourth-order valence-corrected chi connectivity index (χ4v) is 4.99. The lowest BCUT2D eigenvalue weighted by Crippen LogP contribution is -2.55. The van der Waals surface area contributed by atoms with Crippen molar-refractivity contribution >= 4 is 22.9 Å². The van der Waals surface area contributed by atoms with E-state index in [1.54, 1.807) is 6.20 Å². The van der Waals surface area contributed by atoms with Crippen molar-refractivity contribution in [3.8, 4) is 23.1 Å². The van der Waals surface area contributed by atoms with Gasteiger partial charge < -0.3 is 19.9 Å². The summed E-state index contributed by atoms with van der Waals surface area (Å²) in [6.45, 7) is 9.05. The number of hydrogen-bond acceptors (Lipinski definition) is 7. The van der Waals surface area contributed by atoms with Gasteiger partial charge in [-0.25, -0.2) is 14.8 Å². The summed E-state index contributed by atoms with van der Waals surface area (Å²) in [5, 5.41) is 0.787. The highest BCUT2D eigenvalue weighted by Gasteiger charge is 2.35. The number of carbonyl (C=O) groups excluding carboxylic acids is 1. The number of rotatable bonds is 2. The minimum absolute atomic E-state index is 0.211. The van der Waals surface area contributed by atoms with Crippen LogP contribution in [-0.2, 0) is 11.8 Å². The van der Waals surface area contributed by atoms with Gasteiger partial charge >= 0.3 is 6.09 Å². The van der Waals surface area contributed by atoms with E-state index in [1.165, 1.54) is 6.33 Å². The van der Waals surface area contributed by atoms with Crippen molar-refractivity contribution in [2.24, 2.45) is 13.0 Å². The SMILES string of the molecule is Cn1c(C#CC2CN(C3CCN(C(=O)OC(C)(C)C)CC3)C2)c(-c2ccccn2)c2c(N)ncnc21. The van der Waals surface area contributed by atoms with Crippen molar-refractivity contribution in [2.45, 2.75) is 45.3 Å². The molecule has 2 N–H and O–H groups in total. The van der Waals surface area contributed by atoms with E-state index in [0.717, 1.165) is 67.0 Å². The molecule has 2 fully saturated rings. The van der Waals surface area contributed by atoms with E-state index in [0.29, 0.717) is 17.8 Å². The van der Waals surface area contributed by atoms with Crippen LogP contribution in [0.5, 0.6) is 0 Å². The molecule has 36 heavy (non-hydrogen) atoms. The van der Waals surface area contributed by atoms with Gasteiger partial charge in [0.2, 0.25) is 0 Å². The van der Waals surface area contributed by atoms with E-state index >= 15 is 0 Å². The lowest BCUT2D eigenvalue weighted by atomic mass is 9.93. The molecule has 0 aromatic carbocycles. The lowest BCUT2D eigenvalue weighted by Gasteiger charge is -2.45. The Kier molecular flexibility index (Phi) is 6.31. The van der Waals surface area contributed by atoms with Crippen molar-refractivity contribution in [2.75, 3.05) is 31.9 Å². The van der Waals surface area contributed by atoms with Gasteiger partial charge in [-0.1, -0.05) is 12.0 Å². The second-order valence-electron chi connectivity index (χ2n) is 10.6. The van der Waals surface area contributed by atoms with Crippen molar-refractivity contribution in [1.82, 2.24) is 29.3 Å². The number of ether oxygens (including phenoxy) is 1. The number of piperidine rings is 1. The zero-order chi connectivity index (χ0) is 25.4. The fraction of sp³-hybridized carbons (Fsp3) is 0.481. The molecule has 0 bridgehead atoms. The monoisotopic (exact) mass is 487 g/mol. The number of nitrogens with two attached hydrogens (primary N) is 1. The molecule has 0 aliphatic carbocycles.